The quantitative estimate of drug-likeness (QED) is 0.577. The number of allylic oxidation sites excluding steroid dienone is 1. The van der Waals surface area contributed by atoms with Gasteiger partial charge >= 0.3 is 5.97 Å². The lowest BCUT2D eigenvalue weighted by molar-refractivity contribution is -0.249. The lowest BCUT2D eigenvalue weighted by Crippen LogP contribution is -2.62. The van der Waals surface area contributed by atoms with Crippen LogP contribution < -0.4 is 0 Å². The van der Waals surface area contributed by atoms with Gasteiger partial charge in [-0.3, -0.25) is 0 Å². The van der Waals surface area contributed by atoms with Crippen LogP contribution in [0, 0.1) is 11.8 Å². The van der Waals surface area contributed by atoms with Crippen LogP contribution in [0.2, 0.25) is 0 Å². The Balaban J connectivity index is 1.78. The van der Waals surface area contributed by atoms with Gasteiger partial charge in [0.05, 0.1) is 18.8 Å². The van der Waals surface area contributed by atoms with E-state index >= 15 is 0 Å². The van der Waals surface area contributed by atoms with Crippen molar-refractivity contribution in [3.8, 4) is 0 Å². The first-order valence-electron chi connectivity index (χ1n) is 8.65. The van der Waals surface area contributed by atoms with Crippen LogP contribution in [0.1, 0.15) is 52.4 Å². The van der Waals surface area contributed by atoms with Gasteiger partial charge in [0.2, 0.25) is 0 Å². The number of hydrogen-bond donors (Lipinski definition) is 2. The normalized spacial score (nSPS) is 38.0. The number of carbonyl (C=O) groups is 1. The Morgan fingerprint density at radius 2 is 1.70 bits per heavy atom. The third-order valence-corrected chi connectivity index (χ3v) is 5.50. The summed E-state index contributed by atoms with van der Waals surface area (Å²) in [5.41, 5.74) is 0.153. The van der Waals surface area contributed by atoms with Gasteiger partial charge in [0.1, 0.15) is 11.7 Å². The van der Waals surface area contributed by atoms with Gasteiger partial charge in [0.15, 0.2) is 0 Å². The standard InChI is InChI=1S/C18H28O5/c1-12(2)3-16(21)23-18-7-13-4-14(8-18)6-17(5-13,11-18)22-15(9-19)10-20/h3,13-15,19-20H,4-11H2,1-2H3. The van der Waals surface area contributed by atoms with E-state index in [0.29, 0.717) is 18.3 Å². The molecule has 4 aliphatic carbocycles. The number of esters is 1. The largest absolute Gasteiger partial charge is 0.456 e. The summed E-state index contributed by atoms with van der Waals surface area (Å²) in [5, 5.41) is 18.7. The van der Waals surface area contributed by atoms with E-state index in [1.54, 1.807) is 6.08 Å². The predicted octanol–water partition coefficient (Wildman–Crippen LogP) is 1.96. The molecule has 5 nitrogen and oxygen atoms in total. The smallest absolute Gasteiger partial charge is 0.331 e. The fourth-order valence-electron chi connectivity index (χ4n) is 5.32. The Labute approximate surface area is 137 Å². The second kappa shape index (κ2) is 6.19. The topological polar surface area (TPSA) is 76.0 Å². The summed E-state index contributed by atoms with van der Waals surface area (Å²) in [4.78, 5) is 12.2. The first-order chi connectivity index (χ1) is 10.9. The highest BCUT2D eigenvalue weighted by molar-refractivity contribution is 5.83. The lowest BCUT2D eigenvalue weighted by atomic mass is 9.52. The molecule has 4 bridgehead atoms. The van der Waals surface area contributed by atoms with Gasteiger partial charge in [-0.25, -0.2) is 4.79 Å². The van der Waals surface area contributed by atoms with Crippen LogP contribution in [0.3, 0.4) is 0 Å². The summed E-state index contributed by atoms with van der Waals surface area (Å²) in [6.45, 7) is 3.41. The van der Waals surface area contributed by atoms with Crippen LogP contribution in [0.15, 0.2) is 11.6 Å². The van der Waals surface area contributed by atoms with E-state index < -0.39 is 11.7 Å². The van der Waals surface area contributed by atoms with Crippen LogP contribution >= 0.6 is 0 Å². The highest BCUT2D eigenvalue weighted by Crippen LogP contribution is 2.60. The molecule has 0 spiro atoms. The van der Waals surface area contributed by atoms with E-state index in [9.17, 15) is 15.0 Å². The van der Waals surface area contributed by atoms with E-state index in [0.717, 1.165) is 31.3 Å². The Kier molecular flexibility index (Phi) is 4.55. The molecule has 130 valence electrons. The molecular formula is C18H28O5. The zero-order chi connectivity index (χ0) is 16.7. The van der Waals surface area contributed by atoms with Crippen molar-refractivity contribution in [3.63, 3.8) is 0 Å². The van der Waals surface area contributed by atoms with Crippen LogP contribution in [-0.4, -0.2) is 46.7 Å². The summed E-state index contributed by atoms with van der Waals surface area (Å²) in [5.74, 6) is 0.755. The molecule has 0 radical (unpaired) electrons. The molecule has 2 N–H and O–H groups in total. The van der Waals surface area contributed by atoms with Gasteiger partial charge in [-0.05, 0) is 57.8 Å². The summed E-state index contributed by atoms with van der Waals surface area (Å²) in [6.07, 6.45) is 6.60. The van der Waals surface area contributed by atoms with Gasteiger partial charge in [-0.1, -0.05) is 5.57 Å². The zero-order valence-corrected chi connectivity index (χ0v) is 14.1. The number of ether oxygens (including phenoxy) is 2. The Bertz CT molecular complexity index is 476. The molecular weight excluding hydrogens is 296 g/mol. The number of aliphatic hydroxyl groups excluding tert-OH is 2. The molecule has 0 saturated heterocycles. The average molecular weight is 324 g/mol. The van der Waals surface area contributed by atoms with Crippen molar-refractivity contribution in [1.29, 1.82) is 0 Å². The molecule has 0 aromatic rings. The summed E-state index contributed by atoms with van der Waals surface area (Å²) < 4.78 is 12.0. The minimum atomic E-state index is -0.545. The zero-order valence-electron chi connectivity index (χ0n) is 14.1. The molecule has 4 fully saturated rings. The summed E-state index contributed by atoms with van der Waals surface area (Å²) in [7, 11) is 0. The van der Waals surface area contributed by atoms with Gasteiger partial charge < -0.3 is 19.7 Å². The third-order valence-electron chi connectivity index (χ3n) is 5.50. The summed E-state index contributed by atoms with van der Waals surface area (Å²) >= 11 is 0. The summed E-state index contributed by atoms with van der Waals surface area (Å²) in [6, 6.07) is 0. The van der Waals surface area contributed by atoms with Crippen molar-refractivity contribution < 1.29 is 24.5 Å². The molecule has 0 aromatic heterocycles. The molecule has 5 heteroatoms. The van der Waals surface area contributed by atoms with Crippen LogP contribution in [0.5, 0.6) is 0 Å². The molecule has 4 rings (SSSR count). The SMILES string of the molecule is CC(C)=CC(=O)OC12CC3CC(C1)CC(OC(CO)CO)(C3)C2. The number of hydrogen-bond acceptors (Lipinski definition) is 5. The van der Waals surface area contributed by atoms with E-state index in [2.05, 4.69) is 0 Å². The predicted molar refractivity (Wildman–Crippen MR) is 84.7 cm³/mol. The second-order valence-electron chi connectivity index (χ2n) is 8.07. The Hall–Kier alpha value is -0.910. The minimum absolute atomic E-state index is 0.182. The molecule has 23 heavy (non-hydrogen) atoms. The van der Waals surface area contributed by atoms with Crippen molar-refractivity contribution in [1.82, 2.24) is 0 Å². The molecule has 4 saturated carbocycles. The maximum absolute atomic E-state index is 12.2. The fraction of sp³-hybridized carbons (Fsp3) is 0.833. The van der Waals surface area contributed by atoms with E-state index in [1.807, 2.05) is 13.8 Å². The first-order valence-corrected chi connectivity index (χ1v) is 8.65. The van der Waals surface area contributed by atoms with Gasteiger partial charge in [-0.2, -0.15) is 0 Å². The molecule has 4 aliphatic rings. The number of rotatable bonds is 6. The Morgan fingerprint density at radius 1 is 1.13 bits per heavy atom. The van der Waals surface area contributed by atoms with Crippen LogP contribution in [-0.2, 0) is 14.3 Å². The van der Waals surface area contributed by atoms with E-state index in [1.165, 1.54) is 6.42 Å². The lowest BCUT2D eigenvalue weighted by Gasteiger charge is -2.61. The molecule has 0 aromatic carbocycles. The maximum Gasteiger partial charge on any atom is 0.331 e. The number of carbonyl (C=O) groups excluding carboxylic acids is 1. The second-order valence-corrected chi connectivity index (χ2v) is 8.07. The maximum atomic E-state index is 12.2. The number of aliphatic hydroxyl groups is 2. The molecule has 2 unspecified atom stereocenters. The van der Waals surface area contributed by atoms with Crippen molar-refractivity contribution in [3.05, 3.63) is 11.6 Å². The molecule has 0 amide bonds. The van der Waals surface area contributed by atoms with Crippen molar-refractivity contribution >= 4 is 5.97 Å². The third kappa shape index (κ3) is 3.47. The van der Waals surface area contributed by atoms with Crippen molar-refractivity contribution in [2.24, 2.45) is 11.8 Å². The van der Waals surface area contributed by atoms with E-state index in [-0.39, 0.29) is 24.8 Å². The van der Waals surface area contributed by atoms with Crippen LogP contribution in [0.25, 0.3) is 0 Å². The van der Waals surface area contributed by atoms with Crippen molar-refractivity contribution in [2.45, 2.75) is 69.7 Å². The van der Waals surface area contributed by atoms with E-state index in [4.69, 9.17) is 9.47 Å². The highest BCUT2D eigenvalue weighted by Gasteiger charge is 2.60. The molecule has 0 aliphatic heterocycles. The first kappa shape index (κ1) is 16.9. The highest BCUT2D eigenvalue weighted by atomic mass is 16.6. The van der Waals surface area contributed by atoms with Crippen LogP contribution in [0.4, 0.5) is 0 Å². The molecule has 0 heterocycles. The monoisotopic (exact) mass is 324 g/mol. The fourth-order valence-corrected chi connectivity index (χ4v) is 5.32. The van der Waals surface area contributed by atoms with Gasteiger partial charge in [0, 0.05) is 12.5 Å². The van der Waals surface area contributed by atoms with Gasteiger partial charge in [-0.15, -0.1) is 0 Å². The van der Waals surface area contributed by atoms with Crippen molar-refractivity contribution in [2.75, 3.05) is 13.2 Å². The Morgan fingerprint density at radius 3 is 2.22 bits per heavy atom. The van der Waals surface area contributed by atoms with Gasteiger partial charge in [0.25, 0.3) is 0 Å². The molecule has 2 atom stereocenters. The minimum Gasteiger partial charge on any atom is -0.456 e. The average Bonchev–Trinajstić information content (AvgIpc) is 2.41.